The average molecular weight is 405 g/mol. The molecule has 0 saturated heterocycles. The van der Waals surface area contributed by atoms with Crippen LogP contribution in [0.4, 0.5) is 5.69 Å². The van der Waals surface area contributed by atoms with Crippen LogP contribution in [0.25, 0.3) is 0 Å². The largest absolute Gasteiger partial charge is 0.465 e. The molecule has 0 bridgehead atoms. The number of rotatable bonds is 4. The molecule has 5 nitrogen and oxygen atoms in total. The minimum atomic E-state index is -3.82. The van der Waals surface area contributed by atoms with Crippen molar-refractivity contribution in [3.05, 3.63) is 57.5 Å². The lowest BCUT2D eigenvalue weighted by atomic mass is 10.2. The predicted molar refractivity (Wildman–Crippen MR) is 87.7 cm³/mol. The van der Waals surface area contributed by atoms with Gasteiger partial charge in [0.1, 0.15) is 0 Å². The van der Waals surface area contributed by atoms with E-state index in [1.54, 1.807) is 12.1 Å². The van der Waals surface area contributed by atoms with Crippen molar-refractivity contribution in [2.45, 2.75) is 4.90 Å². The highest BCUT2D eigenvalue weighted by Gasteiger charge is 2.17. The quantitative estimate of drug-likeness (QED) is 0.789. The van der Waals surface area contributed by atoms with Crippen molar-refractivity contribution < 1.29 is 17.9 Å². The van der Waals surface area contributed by atoms with Crippen LogP contribution >= 0.6 is 27.5 Å². The molecule has 2 rings (SSSR count). The van der Waals surface area contributed by atoms with Gasteiger partial charge in [0.2, 0.25) is 0 Å². The first-order valence-corrected chi connectivity index (χ1v) is 8.65. The van der Waals surface area contributed by atoms with E-state index in [4.69, 9.17) is 11.6 Å². The molecule has 0 amide bonds. The van der Waals surface area contributed by atoms with E-state index in [9.17, 15) is 13.2 Å². The molecule has 0 aromatic heterocycles. The summed E-state index contributed by atoms with van der Waals surface area (Å²) in [7, 11) is -2.59. The van der Waals surface area contributed by atoms with Gasteiger partial charge in [-0.25, -0.2) is 13.2 Å². The van der Waals surface area contributed by atoms with Crippen molar-refractivity contribution in [1.29, 1.82) is 0 Å². The molecule has 22 heavy (non-hydrogen) atoms. The standard InChI is InChI=1S/C14H11BrClNO4S/c1-21-14(18)9-5-6-12(16)13(7-9)17-22(19,20)11-4-2-3-10(15)8-11/h2-8,17H,1H3. The zero-order valence-corrected chi connectivity index (χ0v) is 14.5. The molecule has 0 aliphatic rings. The predicted octanol–water partition coefficient (Wildman–Crippen LogP) is 3.69. The van der Waals surface area contributed by atoms with Gasteiger partial charge in [0, 0.05) is 4.47 Å². The highest BCUT2D eigenvalue weighted by atomic mass is 79.9. The highest BCUT2D eigenvalue weighted by molar-refractivity contribution is 9.10. The number of esters is 1. The Morgan fingerprint density at radius 1 is 1.23 bits per heavy atom. The lowest BCUT2D eigenvalue weighted by molar-refractivity contribution is 0.0601. The molecule has 0 saturated carbocycles. The lowest BCUT2D eigenvalue weighted by Gasteiger charge is -2.11. The topological polar surface area (TPSA) is 72.5 Å². The number of carbonyl (C=O) groups is 1. The number of hydrogen-bond acceptors (Lipinski definition) is 4. The molecule has 0 aliphatic heterocycles. The Morgan fingerprint density at radius 2 is 1.95 bits per heavy atom. The molecule has 2 aromatic rings. The van der Waals surface area contributed by atoms with E-state index in [0.717, 1.165) is 0 Å². The smallest absolute Gasteiger partial charge is 0.337 e. The number of halogens is 2. The number of hydrogen-bond donors (Lipinski definition) is 1. The Bertz CT molecular complexity index is 823. The van der Waals surface area contributed by atoms with Gasteiger partial charge in [-0.1, -0.05) is 33.6 Å². The number of methoxy groups -OCH3 is 1. The molecule has 0 unspecified atom stereocenters. The van der Waals surface area contributed by atoms with E-state index in [1.807, 2.05) is 0 Å². The molecule has 8 heteroatoms. The van der Waals surface area contributed by atoms with Crippen LogP contribution in [0, 0.1) is 0 Å². The zero-order valence-electron chi connectivity index (χ0n) is 11.3. The van der Waals surface area contributed by atoms with E-state index in [1.165, 1.54) is 37.4 Å². The van der Waals surface area contributed by atoms with Gasteiger partial charge in [0.05, 0.1) is 28.3 Å². The summed E-state index contributed by atoms with van der Waals surface area (Å²) in [6.45, 7) is 0. The zero-order chi connectivity index (χ0) is 16.3. The molecule has 0 radical (unpaired) electrons. The van der Waals surface area contributed by atoms with Crippen molar-refractivity contribution in [1.82, 2.24) is 0 Å². The van der Waals surface area contributed by atoms with Crippen molar-refractivity contribution in [2.75, 3.05) is 11.8 Å². The van der Waals surface area contributed by atoms with Gasteiger partial charge in [0.15, 0.2) is 0 Å². The Morgan fingerprint density at radius 3 is 2.59 bits per heavy atom. The molecule has 116 valence electrons. The number of ether oxygens (including phenoxy) is 1. The third kappa shape index (κ3) is 3.79. The summed E-state index contributed by atoms with van der Waals surface area (Å²) in [6, 6.07) is 10.4. The van der Waals surface area contributed by atoms with Gasteiger partial charge in [-0.2, -0.15) is 0 Å². The molecule has 0 spiro atoms. The van der Waals surface area contributed by atoms with Crippen molar-refractivity contribution >= 4 is 49.2 Å². The van der Waals surface area contributed by atoms with Crippen molar-refractivity contribution in [3.8, 4) is 0 Å². The van der Waals surface area contributed by atoms with Gasteiger partial charge in [-0.3, -0.25) is 4.72 Å². The lowest BCUT2D eigenvalue weighted by Crippen LogP contribution is -2.14. The summed E-state index contributed by atoms with van der Waals surface area (Å²) in [5.74, 6) is -0.584. The number of nitrogens with one attached hydrogen (secondary N) is 1. The van der Waals surface area contributed by atoms with Crippen molar-refractivity contribution in [2.24, 2.45) is 0 Å². The fourth-order valence-corrected chi connectivity index (χ4v) is 3.57. The number of sulfonamides is 1. The Labute approximate surface area is 141 Å². The second kappa shape index (κ2) is 6.68. The maximum absolute atomic E-state index is 12.3. The number of anilines is 1. The Hall–Kier alpha value is -1.57. The second-order valence-corrected chi connectivity index (χ2v) is 7.25. The van der Waals surface area contributed by atoms with Crippen LogP contribution in [0.2, 0.25) is 5.02 Å². The Balaban J connectivity index is 2.39. The molecule has 0 atom stereocenters. The van der Waals surface area contributed by atoms with E-state index < -0.39 is 16.0 Å². The number of benzene rings is 2. The molecule has 1 N–H and O–H groups in total. The SMILES string of the molecule is COC(=O)c1ccc(Cl)c(NS(=O)(=O)c2cccc(Br)c2)c1. The summed E-state index contributed by atoms with van der Waals surface area (Å²) in [6.07, 6.45) is 0. The maximum atomic E-state index is 12.3. The van der Waals surface area contributed by atoms with Crippen LogP contribution in [-0.4, -0.2) is 21.5 Å². The average Bonchev–Trinajstić information content (AvgIpc) is 2.48. The first-order valence-electron chi connectivity index (χ1n) is 6.00. The van der Waals surface area contributed by atoms with E-state index in [-0.39, 0.29) is 21.2 Å². The van der Waals surface area contributed by atoms with Gasteiger partial charge in [0.25, 0.3) is 10.0 Å². The van der Waals surface area contributed by atoms with Crippen LogP contribution in [0.3, 0.4) is 0 Å². The summed E-state index contributed by atoms with van der Waals surface area (Å²) in [5.41, 5.74) is 0.295. The molecule has 2 aromatic carbocycles. The third-order valence-electron chi connectivity index (χ3n) is 2.74. The monoisotopic (exact) mass is 403 g/mol. The van der Waals surface area contributed by atoms with Crippen LogP contribution in [0.5, 0.6) is 0 Å². The molecular weight excluding hydrogens is 394 g/mol. The summed E-state index contributed by atoms with van der Waals surface area (Å²) in [4.78, 5) is 11.6. The summed E-state index contributed by atoms with van der Waals surface area (Å²) < 4.78 is 32.3. The molecule has 0 fully saturated rings. The first-order chi connectivity index (χ1) is 10.3. The van der Waals surface area contributed by atoms with Crippen LogP contribution in [-0.2, 0) is 14.8 Å². The van der Waals surface area contributed by atoms with Gasteiger partial charge >= 0.3 is 5.97 Å². The van der Waals surface area contributed by atoms with Gasteiger partial charge in [-0.15, -0.1) is 0 Å². The Kier molecular flexibility index (Phi) is 5.10. The van der Waals surface area contributed by atoms with E-state index in [0.29, 0.717) is 4.47 Å². The second-order valence-electron chi connectivity index (χ2n) is 4.25. The van der Waals surface area contributed by atoms with Gasteiger partial charge in [-0.05, 0) is 36.4 Å². The normalized spacial score (nSPS) is 11.0. The van der Waals surface area contributed by atoms with Crippen molar-refractivity contribution in [3.63, 3.8) is 0 Å². The van der Waals surface area contributed by atoms with Crippen LogP contribution in [0.1, 0.15) is 10.4 Å². The minimum Gasteiger partial charge on any atom is -0.465 e. The number of carbonyl (C=O) groups excluding carboxylic acids is 1. The minimum absolute atomic E-state index is 0.0708. The third-order valence-corrected chi connectivity index (χ3v) is 4.92. The first kappa shape index (κ1) is 16.8. The van der Waals surface area contributed by atoms with E-state index >= 15 is 0 Å². The molecular formula is C14H11BrClNO4S. The molecule has 0 aliphatic carbocycles. The molecule has 0 heterocycles. The van der Waals surface area contributed by atoms with Crippen LogP contribution < -0.4 is 4.72 Å². The highest BCUT2D eigenvalue weighted by Crippen LogP contribution is 2.27. The fraction of sp³-hybridized carbons (Fsp3) is 0.0714. The van der Waals surface area contributed by atoms with Gasteiger partial charge < -0.3 is 4.74 Å². The summed E-state index contributed by atoms with van der Waals surface area (Å²) in [5, 5.41) is 0.172. The fourth-order valence-electron chi connectivity index (χ4n) is 1.69. The van der Waals surface area contributed by atoms with E-state index in [2.05, 4.69) is 25.4 Å². The maximum Gasteiger partial charge on any atom is 0.337 e. The summed E-state index contributed by atoms with van der Waals surface area (Å²) >= 11 is 9.20. The van der Waals surface area contributed by atoms with Crippen LogP contribution in [0.15, 0.2) is 51.8 Å².